The van der Waals surface area contributed by atoms with Gasteiger partial charge in [0.1, 0.15) is 11.6 Å². The first-order chi connectivity index (χ1) is 11.2. The van der Waals surface area contributed by atoms with Crippen LogP contribution in [0.15, 0.2) is 35.7 Å². The molecule has 0 aliphatic carbocycles. The van der Waals surface area contributed by atoms with Gasteiger partial charge in [0.2, 0.25) is 0 Å². The van der Waals surface area contributed by atoms with E-state index in [-0.39, 0.29) is 11.6 Å². The van der Waals surface area contributed by atoms with E-state index in [0.717, 1.165) is 11.8 Å². The van der Waals surface area contributed by atoms with Gasteiger partial charge in [0.25, 0.3) is 5.56 Å². The predicted molar refractivity (Wildman–Crippen MR) is 87.1 cm³/mol. The number of rotatable bonds is 3. The van der Waals surface area contributed by atoms with Gasteiger partial charge in [-0.15, -0.1) is 0 Å². The molecule has 0 spiro atoms. The zero-order chi connectivity index (χ0) is 16.4. The van der Waals surface area contributed by atoms with E-state index in [0.29, 0.717) is 24.3 Å². The van der Waals surface area contributed by atoms with Crippen LogP contribution in [0.1, 0.15) is 12.0 Å². The van der Waals surface area contributed by atoms with Crippen molar-refractivity contribution in [3.05, 3.63) is 46.8 Å². The average Bonchev–Trinajstić information content (AvgIpc) is 3.03. The van der Waals surface area contributed by atoms with Crippen molar-refractivity contribution in [2.45, 2.75) is 12.5 Å². The number of nitriles is 1. The van der Waals surface area contributed by atoms with Crippen molar-refractivity contribution < 1.29 is 0 Å². The minimum atomic E-state index is -0.405. The quantitative estimate of drug-likeness (QED) is 0.536. The third-order valence-electron chi connectivity index (χ3n) is 4.06. The highest BCUT2D eigenvalue weighted by molar-refractivity contribution is 5.94. The summed E-state index contributed by atoms with van der Waals surface area (Å²) in [6, 6.07) is 3.88. The first-order valence-electron chi connectivity index (χ1n) is 7.22. The Kier molecular flexibility index (Phi) is 3.87. The molecule has 1 atom stereocenters. The average molecular weight is 311 g/mol. The van der Waals surface area contributed by atoms with Crippen LogP contribution in [-0.2, 0) is 0 Å². The molecule has 3 heterocycles. The van der Waals surface area contributed by atoms with E-state index in [1.807, 2.05) is 11.0 Å². The monoisotopic (exact) mass is 311 g/mol. The fraction of sp³-hybridized carbons (Fsp3) is 0.267. The summed E-state index contributed by atoms with van der Waals surface area (Å²) in [6.45, 7) is 1.31. The van der Waals surface area contributed by atoms with Crippen LogP contribution in [0.5, 0.6) is 0 Å². The van der Waals surface area contributed by atoms with Gasteiger partial charge in [-0.05, 0) is 12.5 Å². The minimum absolute atomic E-state index is 0.0671. The summed E-state index contributed by atoms with van der Waals surface area (Å²) in [4.78, 5) is 20.9. The third kappa shape index (κ3) is 2.58. The molecule has 8 nitrogen and oxygen atoms in total. The summed E-state index contributed by atoms with van der Waals surface area (Å²) < 4.78 is 0. The fourth-order valence-corrected chi connectivity index (χ4v) is 2.97. The van der Waals surface area contributed by atoms with E-state index in [1.165, 1.54) is 6.20 Å². The Balaban J connectivity index is 2.07. The van der Waals surface area contributed by atoms with Crippen LogP contribution in [0.2, 0.25) is 0 Å². The molecule has 0 amide bonds. The van der Waals surface area contributed by atoms with Gasteiger partial charge < -0.3 is 20.6 Å². The Bertz CT molecular complexity index is 851. The second-order valence-electron chi connectivity index (χ2n) is 5.39. The maximum atomic E-state index is 12.2. The Labute approximate surface area is 132 Å². The van der Waals surface area contributed by atoms with Crippen LogP contribution in [-0.4, -0.2) is 34.1 Å². The van der Waals surface area contributed by atoms with Gasteiger partial charge >= 0.3 is 0 Å². The van der Waals surface area contributed by atoms with E-state index >= 15 is 0 Å². The van der Waals surface area contributed by atoms with Crippen LogP contribution >= 0.6 is 0 Å². The zero-order valence-corrected chi connectivity index (χ0v) is 12.4. The molecule has 1 fully saturated rings. The molecular weight excluding hydrogens is 294 g/mol. The second-order valence-corrected chi connectivity index (χ2v) is 5.39. The lowest BCUT2D eigenvalue weighted by molar-refractivity contribution is 0.303. The van der Waals surface area contributed by atoms with Crippen LogP contribution < -0.4 is 22.0 Å². The number of hydrogen-bond acceptors (Lipinski definition) is 7. The van der Waals surface area contributed by atoms with Gasteiger partial charge in [0, 0.05) is 37.1 Å². The summed E-state index contributed by atoms with van der Waals surface area (Å²) >= 11 is 0. The highest BCUT2D eigenvalue weighted by atomic mass is 16.1. The molecule has 8 heteroatoms. The number of fused-ring (bicyclic) bond motifs is 1. The molecule has 0 bridgehead atoms. The molecule has 5 N–H and O–H groups in total. The second kappa shape index (κ2) is 5.98. The largest absolute Gasteiger partial charge is 0.403 e. The number of aromatic amines is 1. The molecule has 0 saturated carbocycles. The number of nitrogens with one attached hydrogen (secondary N) is 1. The summed E-state index contributed by atoms with van der Waals surface area (Å²) in [6.07, 6.45) is 7.04. The number of anilines is 1. The number of aromatic nitrogens is 2. The van der Waals surface area contributed by atoms with Gasteiger partial charge in [-0.3, -0.25) is 9.78 Å². The van der Waals surface area contributed by atoms with Gasteiger partial charge in [0.05, 0.1) is 23.4 Å². The van der Waals surface area contributed by atoms with Crippen LogP contribution in [0.4, 0.5) is 5.69 Å². The highest BCUT2D eigenvalue weighted by Gasteiger charge is 2.28. The van der Waals surface area contributed by atoms with Crippen molar-refractivity contribution in [2.24, 2.45) is 11.6 Å². The third-order valence-corrected chi connectivity index (χ3v) is 4.06. The van der Waals surface area contributed by atoms with Gasteiger partial charge in [0.15, 0.2) is 0 Å². The highest BCUT2D eigenvalue weighted by Crippen LogP contribution is 2.30. The molecule has 2 aromatic rings. The fourth-order valence-electron chi connectivity index (χ4n) is 2.97. The number of H-pyrrole nitrogens is 1. The van der Waals surface area contributed by atoms with Crippen molar-refractivity contribution in [3.8, 4) is 6.07 Å². The van der Waals surface area contributed by atoms with Crippen LogP contribution in [0, 0.1) is 11.3 Å². The van der Waals surface area contributed by atoms with Crippen molar-refractivity contribution >= 4 is 16.6 Å². The molecule has 0 aromatic carbocycles. The normalized spacial score (nSPS) is 17.7. The summed E-state index contributed by atoms with van der Waals surface area (Å²) in [5.41, 5.74) is 6.33. The molecule has 1 saturated heterocycles. The molecule has 1 unspecified atom stereocenters. The van der Waals surface area contributed by atoms with E-state index in [9.17, 15) is 10.1 Å². The SMILES string of the molecule is N#Cc1c(N2CCC(N(N)/C=C\N)C2)c2ccncc2[nH]c1=O. The van der Waals surface area contributed by atoms with E-state index in [4.69, 9.17) is 11.6 Å². The summed E-state index contributed by atoms with van der Waals surface area (Å²) in [5.74, 6) is 5.94. The Hall–Kier alpha value is -3.05. The maximum absolute atomic E-state index is 12.2. The Morgan fingerprint density at radius 2 is 2.39 bits per heavy atom. The predicted octanol–water partition coefficient (Wildman–Crippen LogP) is -0.0209. The summed E-state index contributed by atoms with van der Waals surface area (Å²) in [5, 5.41) is 11.8. The standard InChI is InChI=1S/C15H17N7O/c16-3-6-22(18)10-2-5-21(9-10)14-11-1-4-19-8-13(11)20-15(23)12(14)7-17/h1,3-4,6,8,10H,2,5,9,16,18H2,(H,20,23)/b6-3-. The molecule has 1 aliphatic rings. The van der Waals surface area contributed by atoms with Crippen molar-refractivity contribution in [3.63, 3.8) is 0 Å². The van der Waals surface area contributed by atoms with Gasteiger partial charge in [-0.25, -0.2) is 5.84 Å². The van der Waals surface area contributed by atoms with Crippen molar-refractivity contribution in [2.75, 3.05) is 18.0 Å². The number of nitrogens with two attached hydrogens (primary N) is 2. The molecule has 2 aromatic heterocycles. The first-order valence-corrected chi connectivity index (χ1v) is 7.22. The Morgan fingerprint density at radius 3 is 3.13 bits per heavy atom. The van der Waals surface area contributed by atoms with E-state index in [1.54, 1.807) is 29.7 Å². The number of pyridine rings is 2. The molecule has 1 aliphatic heterocycles. The lowest BCUT2D eigenvalue weighted by Gasteiger charge is -2.24. The minimum Gasteiger partial charge on any atom is -0.403 e. The van der Waals surface area contributed by atoms with E-state index < -0.39 is 5.56 Å². The lowest BCUT2D eigenvalue weighted by Crippen LogP contribution is -2.39. The topological polar surface area (TPSA) is 128 Å². The molecule has 3 rings (SSSR count). The van der Waals surface area contributed by atoms with Crippen molar-refractivity contribution in [1.82, 2.24) is 15.0 Å². The molecule has 0 radical (unpaired) electrons. The number of hydrogen-bond donors (Lipinski definition) is 3. The molecular formula is C15H17N7O. The summed E-state index contributed by atoms with van der Waals surface area (Å²) in [7, 11) is 0. The van der Waals surface area contributed by atoms with E-state index in [2.05, 4.69) is 9.97 Å². The number of nitrogens with zero attached hydrogens (tertiary/aromatic N) is 4. The Morgan fingerprint density at radius 1 is 1.57 bits per heavy atom. The molecule has 118 valence electrons. The van der Waals surface area contributed by atoms with Gasteiger partial charge in [-0.1, -0.05) is 0 Å². The lowest BCUT2D eigenvalue weighted by atomic mass is 10.1. The van der Waals surface area contributed by atoms with Crippen molar-refractivity contribution in [1.29, 1.82) is 5.26 Å². The van der Waals surface area contributed by atoms with Crippen LogP contribution in [0.3, 0.4) is 0 Å². The first kappa shape index (κ1) is 14.9. The maximum Gasteiger partial charge on any atom is 0.268 e. The smallest absolute Gasteiger partial charge is 0.268 e. The number of hydrazine groups is 1. The zero-order valence-electron chi connectivity index (χ0n) is 12.4. The van der Waals surface area contributed by atoms with Crippen LogP contribution in [0.25, 0.3) is 10.9 Å². The molecule has 23 heavy (non-hydrogen) atoms. The van der Waals surface area contributed by atoms with Gasteiger partial charge in [-0.2, -0.15) is 5.26 Å².